The lowest BCUT2D eigenvalue weighted by Crippen LogP contribution is -2.39. The second kappa shape index (κ2) is 9.07. The van der Waals surface area contributed by atoms with Gasteiger partial charge in [0.2, 0.25) is 5.91 Å². The summed E-state index contributed by atoms with van der Waals surface area (Å²) in [6, 6.07) is 6.30. The first kappa shape index (κ1) is 20.2. The number of anilines is 1. The van der Waals surface area contributed by atoms with Gasteiger partial charge in [-0.1, -0.05) is 27.7 Å². The zero-order valence-corrected chi connectivity index (χ0v) is 18.0. The number of carboxylic acids is 1. The molecule has 144 valence electrons. The molecule has 3 rings (SSSR count). The summed E-state index contributed by atoms with van der Waals surface area (Å²) in [6.07, 6.45) is 1.43. The Hall–Kier alpha value is -1.58. The average molecular weight is 470 g/mol. The maximum absolute atomic E-state index is 12.2. The number of benzene rings is 1. The largest absolute Gasteiger partial charge is 0.476 e. The normalized spacial score (nSPS) is 16.7. The number of carboxylic acid groups (broad SMARTS) is 1. The Kier molecular flexibility index (Phi) is 6.78. The monoisotopic (exact) mass is 469 g/mol. The van der Waals surface area contributed by atoms with Crippen LogP contribution in [0.4, 0.5) is 5.69 Å². The Labute approximate surface area is 174 Å². The van der Waals surface area contributed by atoms with Gasteiger partial charge in [0, 0.05) is 46.8 Å². The third-order valence-electron chi connectivity index (χ3n) is 4.41. The first-order chi connectivity index (χ1) is 12.9. The molecule has 2 aromatic rings. The minimum Gasteiger partial charge on any atom is -0.476 e. The average Bonchev–Trinajstić information content (AvgIpc) is 3.24. The lowest BCUT2D eigenvalue weighted by molar-refractivity contribution is -0.128. The topological polar surface area (TPSA) is 82.5 Å². The van der Waals surface area contributed by atoms with Gasteiger partial charge in [0.15, 0.2) is 10.0 Å². The number of nitrogens with zero attached hydrogens (tertiary/aromatic N) is 2. The molecule has 0 bridgehead atoms. The number of halogens is 1. The molecule has 6 nitrogen and oxygen atoms in total. The van der Waals surface area contributed by atoms with Crippen LogP contribution in [0.3, 0.4) is 0 Å². The van der Waals surface area contributed by atoms with Crippen molar-refractivity contribution in [1.82, 2.24) is 9.88 Å². The van der Waals surface area contributed by atoms with E-state index in [1.165, 1.54) is 28.7 Å². The van der Waals surface area contributed by atoms with E-state index in [1.807, 2.05) is 24.0 Å². The van der Waals surface area contributed by atoms with E-state index in [9.17, 15) is 9.59 Å². The van der Waals surface area contributed by atoms with Gasteiger partial charge in [-0.15, -0.1) is 11.3 Å². The van der Waals surface area contributed by atoms with Gasteiger partial charge < -0.3 is 15.3 Å². The molecule has 1 aliphatic rings. The fourth-order valence-electron chi connectivity index (χ4n) is 2.96. The molecule has 1 aromatic carbocycles. The maximum atomic E-state index is 12.2. The number of rotatable bonds is 8. The number of aryl methyl sites for hydroxylation is 1. The first-order valence-corrected chi connectivity index (χ1v) is 11.2. The van der Waals surface area contributed by atoms with Crippen molar-refractivity contribution in [1.29, 1.82) is 0 Å². The van der Waals surface area contributed by atoms with E-state index in [2.05, 4.69) is 32.3 Å². The molecule has 2 N–H and O–H groups in total. The molecule has 2 heterocycles. The van der Waals surface area contributed by atoms with Gasteiger partial charge in [0.25, 0.3) is 0 Å². The number of nitrogens with one attached hydrogen (secondary N) is 1. The number of thiazole rings is 1. The number of hydrogen-bond acceptors (Lipinski definition) is 6. The Morgan fingerprint density at radius 2 is 2.33 bits per heavy atom. The van der Waals surface area contributed by atoms with Crippen molar-refractivity contribution in [3.8, 4) is 0 Å². The SMILES string of the molecule is Cc1cc(NC[C@H]2CCC(=O)N2CCSc2nc(C(=O)O)cs2)ccc1Br. The molecule has 1 atom stereocenters. The summed E-state index contributed by atoms with van der Waals surface area (Å²) < 4.78 is 1.80. The van der Waals surface area contributed by atoms with E-state index in [1.54, 1.807) is 5.38 Å². The molecular weight excluding hydrogens is 450 g/mol. The molecule has 1 saturated heterocycles. The van der Waals surface area contributed by atoms with Crippen molar-refractivity contribution in [2.75, 3.05) is 24.2 Å². The van der Waals surface area contributed by atoms with Crippen LogP contribution in [0.5, 0.6) is 0 Å². The molecular formula is C18H20BrN3O3S2. The molecule has 9 heteroatoms. The van der Waals surface area contributed by atoms with Gasteiger partial charge in [-0.25, -0.2) is 9.78 Å². The smallest absolute Gasteiger partial charge is 0.355 e. The van der Waals surface area contributed by atoms with Crippen LogP contribution in [-0.4, -0.2) is 51.8 Å². The Morgan fingerprint density at radius 1 is 1.52 bits per heavy atom. The molecule has 0 unspecified atom stereocenters. The highest BCUT2D eigenvalue weighted by molar-refractivity contribution is 9.10. The Bertz CT molecular complexity index is 843. The van der Waals surface area contributed by atoms with Crippen LogP contribution in [0.25, 0.3) is 0 Å². The first-order valence-electron chi connectivity index (χ1n) is 8.55. The van der Waals surface area contributed by atoms with E-state index >= 15 is 0 Å². The summed E-state index contributed by atoms with van der Waals surface area (Å²) >= 11 is 6.32. The fraction of sp³-hybridized carbons (Fsp3) is 0.389. The van der Waals surface area contributed by atoms with Crippen molar-refractivity contribution in [2.24, 2.45) is 0 Å². The summed E-state index contributed by atoms with van der Waals surface area (Å²) in [4.78, 5) is 29.1. The molecule has 1 fully saturated rings. The van der Waals surface area contributed by atoms with Gasteiger partial charge in [-0.2, -0.15) is 0 Å². The summed E-state index contributed by atoms with van der Waals surface area (Å²) in [5.41, 5.74) is 2.29. The van der Waals surface area contributed by atoms with E-state index in [0.717, 1.165) is 27.5 Å². The Balaban J connectivity index is 1.51. The lowest BCUT2D eigenvalue weighted by atomic mass is 10.2. The van der Waals surface area contributed by atoms with Gasteiger partial charge in [0.1, 0.15) is 0 Å². The quantitative estimate of drug-likeness (QED) is 0.566. The zero-order valence-electron chi connectivity index (χ0n) is 14.8. The maximum Gasteiger partial charge on any atom is 0.355 e. The summed E-state index contributed by atoms with van der Waals surface area (Å²) in [6.45, 7) is 3.40. The lowest BCUT2D eigenvalue weighted by Gasteiger charge is -2.25. The van der Waals surface area contributed by atoms with Gasteiger partial charge in [-0.05, 0) is 37.1 Å². The number of likely N-dealkylation sites (tertiary alicyclic amines) is 1. The highest BCUT2D eigenvalue weighted by atomic mass is 79.9. The van der Waals surface area contributed by atoms with E-state index in [0.29, 0.717) is 18.7 Å². The third-order valence-corrected chi connectivity index (χ3v) is 7.30. The number of aromatic carboxylic acids is 1. The van der Waals surface area contributed by atoms with E-state index < -0.39 is 5.97 Å². The fourth-order valence-corrected chi connectivity index (χ4v) is 5.01. The Morgan fingerprint density at radius 3 is 3.04 bits per heavy atom. The van der Waals surface area contributed by atoms with Crippen LogP contribution in [-0.2, 0) is 4.79 Å². The van der Waals surface area contributed by atoms with Crippen molar-refractivity contribution in [3.63, 3.8) is 0 Å². The minimum atomic E-state index is -1.01. The van der Waals surface area contributed by atoms with Gasteiger partial charge in [-0.3, -0.25) is 4.79 Å². The highest BCUT2D eigenvalue weighted by Gasteiger charge is 2.30. The second-order valence-electron chi connectivity index (χ2n) is 6.28. The molecule has 0 spiro atoms. The van der Waals surface area contributed by atoms with Crippen LogP contribution in [0.2, 0.25) is 0 Å². The molecule has 0 radical (unpaired) electrons. The van der Waals surface area contributed by atoms with Gasteiger partial charge >= 0.3 is 5.97 Å². The number of hydrogen-bond donors (Lipinski definition) is 2. The van der Waals surface area contributed by atoms with Crippen molar-refractivity contribution in [3.05, 3.63) is 39.3 Å². The number of carbonyl (C=O) groups excluding carboxylic acids is 1. The standard InChI is InChI=1S/C18H20BrN3O3S2/c1-11-8-12(2-4-14(11)19)20-9-13-3-5-16(23)22(13)6-7-26-18-21-15(10-27-18)17(24)25/h2,4,8,10,13,20H,3,5-7,9H2,1H3,(H,24,25)/t13-/m1/s1. The van der Waals surface area contributed by atoms with Crippen LogP contribution in [0.1, 0.15) is 28.9 Å². The summed E-state index contributed by atoms with van der Waals surface area (Å²) in [7, 11) is 0. The predicted octanol–water partition coefficient (Wildman–Crippen LogP) is 4.11. The van der Waals surface area contributed by atoms with E-state index in [-0.39, 0.29) is 17.6 Å². The predicted molar refractivity (Wildman–Crippen MR) is 112 cm³/mol. The zero-order chi connectivity index (χ0) is 19.4. The molecule has 27 heavy (non-hydrogen) atoms. The number of aromatic nitrogens is 1. The van der Waals surface area contributed by atoms with Crippen molar-refractivity contribution in [2.45, 2.75) is 30.1 Å². The van der Waals surface area contributed by atoms with E-state index in [4.69, 9.17) is 5.11 Å². The highest BCUT2D eigenvalue weighted by Crippen LogP contribution is 2.26. The molecule has 0 aliphatic carbocycles. The molecule has 1 aromatic heterocycles. The van der Waals surface area contributed by atoms with Crippen LogP contribution >= 0.6 is 39.0 Å². The molecule has 0 saturated carbocycles. The summed E-state index contributed by atoms with van der Waals surface area (Å²) in [5.74, 6) is -0.131. The molecule has 1 amide bonds. The van der Waals surface area contributed by atoms with Crippen molar-refractivity contribution < 1.29 is 14.7 Å². The van der Waals surface area contributed by atoms with Crippen LogP contribution in [0.15, 0.2) is 32.4 Å². The second-order valence-corrected chi connectivity index (χ2v) is 9.33. The van der Waals surface area contributed by atoms with Crippen LogP contribution < -0.4 is 5.32 Å². The number of amides is 1. The summed E-state index contributed by atoms with van der Waals surface area (Å²) in [5, 5.41) is 13.9. The van der Waals surface area contributed by atoms with Crippen LogP contribution in [0, 0.1) is 6.92 Å². The number of thioether (sulfide) groups is 1. The van der Waals surface area contributed by atoms with Crippen molar-refractivity contribution >= 4 is 56.6 Å². The minimum absolute atomic E-state index is 0.0756. The number of carbonyl (C=O) groups is 2. The third kappa shape index (κ3) is 5.24. The van der Waals surface area contributed by atoms with Gasteiger partial charge in [0.05, 0.1) is 0 Å². The molecule has 1 aliphatic heterocycles.